The van der Waals surface area contributed by atoms with Crippen LogP contribution in [0.3, 0.4) is 0 Å². The lowest BCUT2D eigenvalue weighted by atomic mass is 10.1. The van der Waals surface area contributed by atoms with Crippen molar-refractivity contribution in [3.05, 3.63) is 35.9 Å². The minimum Gasteiger partial charge on any atom is -0.251 e. The van der Waals surface area contributed by atoms with Crippen LogP contribution < -0.4 is 0 Å². The number of hydrogen-bond acceptors (Lipinski definition) is 0. The van der Waals surface area contributed by atoms with Crippen LogP contribution in [-0.2, 0) is 0 Å². The lowest BCUT2D eigenvalue weighted by Gasteiger charge is -2.07. The number of benzene rings is 1. The van der Waals surface area contributed by atoms with Gasteiger partial charge in [-0.3, -0.25) is 4.39 Å². The molecule has 0 aliphatic rings. The maximum atomic E-state index is 11.8. The molecular weight excluding hydrogens is 175 g/mol. The van der Waals surface area contributed by atoms with Gasteiger partial charge in [-0.25, -0.2) is 0 Å². The van der Waals surface area contributed by atoms with Crippen LogP contribution in [0.25, 0.3) is 0 Å². The zero-order chi connectivity index (χ0) is 8.81. The molecule has 0 aromatic heterocycles. The molecule has 1 atom stereocenters. The predicted octanol–water partition coefficient (Wildman–Crippen LogP) is 3.72. The van der Waals surface area contributed by atoms with E-state index >= 15 is 0 Å². The van der Waals surface area contributed by atoms with Crippen molar-refractivity contribution in [3.63, 3.8) is 0 Å². The van der Waals surface area contributed by atoms with Crippen molar-refractivity contribution in [3.8, 4) is 0 Å². The summed E-state index contributed by atoms with van der Waals surface area (Å²) in [6.07, 6.45) is 1.26. The zero-order valence-corrected chi connectivity index (χ0v) is 7.60. The molecule has 0 nitrogen and oxygen atoms in total. The molecule has 2 heteroatoms. The monoisotopic (exact) mass is 186 g/mol. The van der Waals surface area contributed by atoms with E-state index in [1.165, 1.54) is 0 Å². The molecule has 12 heavy (non-hydrogen) atoms. The molecule has 0 saturated carbocycles. The number of alkyl halides is 2. The molecule has 1 unspecified atom stereocenters. The highest BCUT2D eigenvalue weighted by Crippen LogP contribution is 2.24. The third-order valence-corrected chi connectivity index (χ3v) is 2.22. The van der Waals surface area contributed by atoms with Crippen LogP contribution in [0.15, 0.2) is 30.3 Å². The largest absolute Gasteiger partial charge is 0.251 e. The summed E-state index contributed by atoms with van der Waals surface area (Å²) >= 11 is 6.02. The van der Waals surface area contributed by atoms with Crippen LogP contribution in [0.1, 0.15) is 23.8 Å². The molecule has 0 radical (unpaired) electrons. The standard InChI is InChI=1S/C10H12ClF/c11-10(7-4-8-12)9-5-2-1-3-6-9/h1-3,5-6,10H,4,7-8H2. The van der Waals surface area contributed by atoms with Gasteiger partial charge in [-0.05, 0) is 18.4 Å². The van der Waals surface area contributed by atoms with Gasteiger partial charge in [0.1, 0.15) is 0 Å². The Morgan fingerprint density at radius 1 is 1.25 bits per heavy atom. The Kier molecular flexibility index (Phi) is 4.09. The summed E-state index contributed by atoms with van der Waals surface area (Å²) < 4.78 is 11.8. The van der Waals surface area contributed by atoms with Gasteiger partial charge in [0.05, 0.1) is 12.1 Å². The van der Waals surface area contributed by atoms with Gasteiger partial charge in [0.15, 0.2) is 0 Å². The molecule has 0 heterocycles. The minimum atomic E-state index is -0.282. The Hall–Kier alpha value is -0.560. The van der Waals surface area contributed by atoms with Gasteiger partial charge < -0.3 is 0 Å². The molecule has 1 aromatic rings. The van der Waals surface area contributed by atoms with Crippen LogP contribution >= 0.6 is 11.6 Å². The summed E-state index contributed by atoms with van der Waals surface area (Å²) in [6, 6.07) is 9.77. The fourth-order valence-electron chi connectivity index (χ4n) is 1.08. The molecule has 66 valence electrons. The molecule has 0 spiro atoms. The average Bonchev–Trinajstić information content (AvgIpc) is 2.15. The van der Waals surface area contributed by atoms with Gasteiger partial charge in [0.2, 0.25) is 0 Å². The van der Waals surface area contributed by atoms with E-state index in [1.807, 2.05) is 30.3 Å². The van der Waals surface area contributed by atoms with Gasteiger partial charge in [0.25, 0.3) is 0 Å². The first-order chi connectivity index (χ1) is 5.84. The predicted molar refractivity (Wildman–Crippen MR) is 50.2 cm³/mol. The van der Waals surface area contributed by atoms with Crippen LogP contribution in [-0.4, -0.2) is 6.67 Å². The molecule has 0 fully saturated rings. The maximum Gasteiger partial charge on any atom is 0.0895 e. The van der Waals surface area contributed by atoms with Crippen molar-refractivity contribution in [2.24, 2.45) is 0 Å². The molecule has 0 N–H and O–H groups in total. The summed E-state index contributed by atoms with van der Waals surface area (Å²) in [6.45, 7) is -0.282. The zero-order valence-electron chi connectivity index (χ0n) is 6.84. The smallest absolute Gasteiger partial charge is 0.0895 e. The Labute approximate surface area is 77.4 Å². The third kappa shape index (κ3) is 2.82. The van der Waals surface area contributed by atoms with Crippen molar-refractivity contribution in [1.82, 2.24) is 0 Å². The van der Waals surface area contributed by atoms with Crippen LogP contribution in [0.5, 0.6) is 0 Å². The summed E-state index contributed by atoms with van der Waals surface area (Å²) in [7, 11) is 0. The second-order valence-electron chi connectivity index (χ2n) is 2.71. The topological polar surface area (TPSA) is 0 Å². The molecule has 0 aliphatic carbocycles. The van der Waals surface area contributed by atoms with E-state index in [9.17, 15) is 4.39 Å². The first-order valence-corrected chi connectivity index (χ1v) is 4.53. The molecule has 1 rings (SSSR count). The molecular formula is C10H12ClF. The minimum absolute atomic E-state index is 0.0399. The summed E-state index contributed by atoms with van der Waals surface area (Å²) in [5.74, 6) is 0. The van der Waals surface area contributed by atoms with Crippen LogP contribution in [0.4, 0.5) is 4.39 Å². The van der Waals surface area contributed by atoms with E-state index in [2.05, 4.69) is 0 Å². The maximum absolute atomic E-state index is 11.8. The lowest BCUT2D eigenvalue weighted by molar-refractivity contribution is 0.460. The fourth-order valence-corrected chi connectivity index (χ4v) is 1.38. The van der Waals surface area contributed by atoms with Crippen molar-refractivity contribution in [1.29, 1.82) is 0 Å². The molecule has 0 saturated heterocycles. The van der Waals surface area contributed by atoms with Crippen molar-refractivity contribution in [2.75, 3.05) is 6.67 Å². The highest BCUT2D eigenvalue weighted by atomic mass is 35.5. The number of hydrogen-bond donors (Lipinski definition) is 0. The fraction of sp³-hybridized carbons (Fsp3) is 0.400. The number of rotatable bonds is 4. The second-order valence-corrected chi connectivity index (χ2v) is 3.24. The second kappa shape index (κ2) is 5.15. The van der Waals surface area contributed by atoms with Crippen molar-refractivity contribution < 1.29 is 4.39 Å². The third-order valence-electron chi connectivity index (χ3n) is 1.75. The van der Waals surface area contributed by atoms with Gasteiger partial charge >= 0.3 is 0 Å². The number of halogens is 2. The Morgan fingerprint density at radius 3 is 2.50 bits per heavy atom. The van der Waals surface area contributed by atoms with E-state index < -0.39 is 0 Å². The van der Waals surface area contributed by atoms with E-state index in [4.69, 9.17) is 11.6 Å². The highest BCUT2D eigenvalue weighted by Gasteiger charge is 2.05. The average molecular weight is 187 g/mol. The molecule has 0 bridgehead atoms. The van der Waals surface area contributed by atoms with E-state index in [0.717, 1.165) is 5.56 Å². The highest BCUT2D eigenvalue weighted by molar-refractivity contribution is 6.20. The van der Waals surface area contributed by atoms with Gasteiger partial charge in [0, 0.05) is 0 Å². The van der Waals surface area contributed by atoms with Crippen LogP contribution in [0, 0.1) is 0 Å². The van der Waals surface area contributed by atoms with Gasteiger partial charge in [-0.15, -0.1) is 11.6 Å². The van der Waals surface area contributed by atoms with E-state index in [-0.39, 0.29) is 12.1 Å². The van der Waals surface area contributed by atoms with Crippen molar-refractivity contribution >= 4 is 11.6 Å². The van der Waals surface area contributed by atoms with Gasteiger partial charge in [-0.1, -0.05) is 30.3 Å². The van der Waals surface area contributed by atoms with Crippen LogP contribution in [0.2, 0.25) is 0 Å². The lowest BCUT2D eigenvalue weighted by Crippen LogP contribution is -1.90. The first-order valence-electron chi connectivity index (χ1n) is 4.09. The normalized spacial score (nSPS) is 12.8. The Bertz CT molecular complexity index is 210. The molecule has 1 aromatic carbocycles. The first kappa shape index (κ1) is 9.53. The SMILES string of the molecule is FCCCC(Cl)c1ccccc1. The Morgan fingerprint density at radius 2 is 1.92 bits per heavy atom. The van der Waals surface area contributed by atoms with Gasteiger partial charge in [-0.2, -0.15) is 0 Å². The summed E-state index contributed by atoms with van der Waals surface area (Å²) in [4.78, 5) is 0. The summed E-state index contributed by atoms with van der Waals surface area (Å²) in [5.41, 5.74) is 1.08. The molecule has 0 aliphatic heterocycles. The van der Waals surface area contributed by atoms with E-state index in [0.29, 0.717) is 12.8 Å². The summed E-state index contributed by atoms with van der Waals surface area (Å²) in [5, 5.41) is -0.0399. The Balaban J connectivity index is 2.48. The van der Waals surface area contributed by atoms with Crippen molar-refractivity contribution in [2.45, 2.75) is 18.2 Å². The quantitative estimate of drug-likeness (QED) is 0.629. The molecule has 0 amide bonds. The van der Waals surface area contributed by atoms with E-state index in [1.54, 1.807) is 0 Å².